The first-order chi connectivity index (χ1) is 6.85. The van der Waals surface area contributed by atoms with Crippen LogP contribution in [0.2, 0.25) is 0 Å². The number of aliphatic hydroxyl groups excluding tert-OH is 1. The molecule has 1 heterocycles. The number of aliphatic hydroxyl groups is 1. The first-order valence-electron chi connectivity index (χ1n) is 4.51. The van der Waals surface area contributed by atoms with E-state index in [-0.39, 0.29) is 6.61 Å². The van der Waals surface area contributed by atoms with Gasteiger partial charge >= 0.3 is 0 Å². The van der Waals surface area contributed by atoms with Crippen LogP contribution in [-0.4, -0.2) is 16.3 Å². The third-order valence-corrected chi connectivity index (χ3v) is 2.28. The van der Waals surface area contributed by atoms with Crippen LogP contribution in [-0.2, 0) is 6.54 Å². The van der Waals surface area contributed by atoms with Crippen LogP contribution in [0, 0.1) is 12.3 Å². The Morgan fingerprint density at radius 2 is 2.21 bits per heavy atom. The van der Waals surface area contributed by atoms with E-state index in [0.717, 1.165) is 16.5 Å². The monoisotopic (exact) mass is 185 g/mol. The van der Waals surface area contributed by atoms with Crippen molar-refractivity contribution in [3.63, 3.8) is 0 Å². The Morgan fingerprint density at radius 3 is 2.93 bits per heavy atom. The van der Waals surface area contributed by atoms with Crippen LogP contribution >= 0.6 is 0 Å². The van der Waals surface area contributed by atoms with Gasteiger partial charge in [0.25, 0.3) is 0 Å². The summed E-state index contributed by atoms with van der Waals surface area (Å²) in [6, 6.07) is 7.88. The Bertz CT molecular complexity index is 490. The third-order valence-electron chi connectivity index (χ3n) is 2.28. The van der Waals surface area contributed by atoms with Crippen molar-refractivity contribution in [3.8, 4) is 12.3 Å². The van der Waals surface area contributed by atoms with E-state index < -0.39 is 0 Å². The van der Waals surface area contributed by atoms with Gasteiger partial charge in [0, 0.05) is 29.2 Å². The molecule has 2 aromatic rings. The number of fused-ring (bicyclic) bond motifs is 1. The van der Waals surface area contributed by atoms with Crippen LogP contribution in [0.3, 0.4) is 0 Å². The quantitative estimate of drug-likeness (QED) is 0.706. The summed E-state index contributed by atoms with van der Waals surface area (Å²) in [5.74, 6) is 2.60. The summed E-state index contributed by atoms with van der Waals surface area (Å²) in [4.78, 5) is 0. The van der Waals surface area contributed by atoms with Crippen molar-refractivity contribution in [2.75, 3.05) is 6.61 Å². The maximum absolute atomic E-state index is 8.85. The number of nitrogens with zero attached hydrogens (tertiary/aromatic N) is 1. The van der Waals surface area contributed by atoms with E-state index in [4.69, 9.17) is 11.5 Å². The average molecular weight is 185 g/mol. The summed E-state index contributed by atoms with van der Waals surface area (Å²) in [5.41, 5.74) is 2.00. The molecule has 0 amide bonds. The zero-order chi connectivity index (χ0) is 9.97. The van der Waals surface area contributed by atoms with Gasteiger partial charge in [0.2, 0.25) is 0 Å². The molecule has 70 valence electrons. The second-order valence-corrected chi connectivity index (χ2v) is 3.15. The third kappa shape index (κ3) is 1.39. The minimum atomic E-state index is 0.153. The van der Waals surface area contributed by atoms with Crippen molar-refractivity contribution in [3.05, 3.63) is 36.0 Å². The van der Waals surface area contributed by atoms with E-state index >= 15 is 0 Å². The largest absolute Gasteiger partial charge is 0.395 e. The number of rotatable bonds is 2. The number of terminal acetylenes is 1. The van der Waals surface area contributed by atoms with Gasteiger partial charge in [-0.15, -0.1) is 6.42 Å². The first kappa shape index (κ1) is 8.86. The van der Waals surface area contributed by atoms with Crippen LogP contribution in [0.4, 0.5) is 0 Å². The summed E-state index contributed by atoms with van der Waals surface area (Å²) in [6.07, 6.45) is 7.27. The number of aromatic nitrogens is 1. The molecule has 0 radical (unpaired) electrons. The summed E-state index contributed by atoms with van der Waals surface area (Å²) >= 11 is 0. The second kappa shape index (κ2) is 3.57. The summed E-state index contributed by atoms with van der Waals surface area (Å²) in [6.45, 7) is 0.777. The number of hydrogen-bond donors (Lipinski definition) is 1. The molecule has 0 unspecified atom stereocenters. The van der Waals surface area contributed by atoms with Gasteiger partial charge in [-0.3, -0.25) is 0 Å². The Morgan fingerprint density at radius 1 is 1.36 bits per heavy atom. The van der Waals surface area contributed by atoms with Gasteiger partial charge in [0.15, 0.2) is 0 Å². The molecule has 1 aromatic heterocycles. The van der Waals surface area contributed by atoms with Crippen molar-refractivity contribution in [2.24, 2.45) is 0 Å². The Labute approximate surface area is 82.8 Å². The second-order valence-electron chi connectivity index (χ2n) is 3.15. The van der Waals surface area contributed by atoms with E-state index in [1.54, 1.807) is 0 Å². The standard InChI is InChI=1S/C12H11NO/c1-2-10-3-4-12-11(9-10)5-6-13(12)7-8-14/h1,3-6,9,14H,7-8H2. The Balaban J connectivity index is 2.55. The zero-order valence-corrected chi connectivity index (χ0v) is 7.77. The maximum Gasteiger partial charge on any atom is 0.0610 e. The lowest BCUT2D eigenvalue weighted by Gasteiger charge is -2.01. The summed E-state index contributed by atoms with van der Waals surface area (Å²) in [7, 11) is 0. The first-order valence-corrected chi connectivity index (χ1v) is 4.51. The van der Waals surface area contributed by atoms with Gasteiger partial charge in [-0.1, -0.05) is 5.92 Å². The smallest absolute Gasteiger partial charge is 0.0610 e. The fourth-order valence-corrected chi connectivity index (χ4v) is 1.59. The van der Waals surface area contributed by atoms with E-state index in [0.29, 0.717) is 6.54 Å². The molecule has 2 rings (SSSR count). The molecule has 0 saturated carbocycles. The van der Waals surface area contributed by atoms with Crippen LogP contribution in [0.1, 0.15) is 5.56 Å². The van der Waals surface area contributed by atoms with Gasteiger partial charge < -0.3 is 9.67 Å². The van der Waals surface area contributed by atoms with Gasteiger partial charge in [-0.25, -0.2) is 0 Å². The molecular weight excluding hydrogens is 174 g/mol. The topological polar surface area (TPSA) is 25.2 Å². The average Bonchev–Trinajstić information content (AvgIpc) is 2.61. The lowest BCUT2D eigenvalue weighted by Crippen LogP contribution is -1.99. The minimum absolute atomic E-state index is 0.153. The molecule has 1 aromatic carbocycles. The number of hydrogen-bond acceptors (Lipinski definition) is 1. The molecule has 0 bridgehead atoms. The normalized spacial score (nSPS) is 10.3. The minimum Gasteiger partial charge on any atom is -0.395 e. The highest BCUT2D eigenvalue weighted by molar-refractivity contribution is 5.81. The highest BCUT2D eigenvalue weighted by Crippen LogP contribution is 2.16. The van der Waals surface area contributed by atoms with Gasteiger partial charge in [0.05, 0.1) is 6.61 Å². The van der Waals surface area contributed by atoms with Crippen molar-refractivity contribution in [1.82, 2.24) is 4.57 Å². The van der Waals surface area contributed by atoms with Gasteiger partial charge in [-0.2, -0.15) is 0 Å². The Kier molecular flexibility index (Phi) is 2.26. The SMILES string of the molecule is C#Cc1ccc2c(ccn2CCO)c1. The van der Waals surface area contributed by atoms with Gasteiger partial charge in [-0.05, 0) is 24.3 Å². The van der Waals surface area contributed by atoms with Crippen LogP contribution in [0.5, 0.6) is 0 Å². The van der Waals surface area contributed by atoms with E-state index in [2.05, 4.69) is 5.92 Å². The molecule has 2 nitrogen and oxygen atoms in total. The van der Waals surface area contributed by atoms with Crippen LogP contribution in [0.25, 0.3) is 10.9 Å². The molecular formula is C12H11NO. The van der Waals surface area contributed by atoms with E-state index in [9.17, 15) is 0 Å². The zero-order valence-electron chi connectivity index (χ0n) is 7.77. The molecule has 0 atom stereocenters. The molecule has 2 heteroatoms. The highest BCUT2D eigenvalue weighted by Gasteiger charge is 2.00. The van der Waals surface area contributed by atoms with Crippen LogP contribution < -0.4 is 0 Å². The van der Waals surface area contributed by atoms with E-state index in [1.165, 1.54) is 0 Å². The molecule has 0 spiro atoms. The lowest BCUT2D eigenvalue weighted by atomic mass is 10.2. The summed E-state index contributed by atoms with van der Waals surface area (Å²) < 4.78 is 2.01. The molecule has 14 heavy (non-hydrogen) atoms. The van der Waals surface area contributed by atoms with Crippen molar-refractivity contribution < 1.29 is 5.11 Å². The molecule has 0 aliphatic rings. The van der Waals surface area contributed by atoms with Crippen LogP contribution in [0.15, 0.2) is 30.5 Å². The molecule has 0 saturated heterocycles. The lowest BCUT2D eigenvalue weighted by molar-refractivity contribution is 0.278. The van der Waals surface area contributed by atoms with Crippen molar-refractivity contribution >= 4 is 10.9 Å². The molecule has 1 N–H and O–H groups in total. The van der Waals surface area contributed by atoms with Crippen molar-refractivity contribution in [1.29, 1.82) is 0 Å². The van der Waals surface area contributed by atoms with Crippen molar-refractivity contribution in [2.45, 2.75) is 6.54 Å². The maximum atomic E-state index is 8.85. The van der Waals surface area contributed by atoms with E-state index in [1.807, 2.05) is 35.0 Å². The highest BCUT2D eigenvalue weighted by atomic mass is 16.3. The molecule has 0 aliphatic heterocycles. The Hall–Kier alpha value is -1.72. The fraction of sp³-hybridized carbons (Fsp3) is 0.167. The van der Waals surface area contributed by atoms with Gasteiger partial charge in [0.1, 0.15) is 0 Å². The molecule has 0 aliphatic carbocycles. The predicted octanol–water partition coefficient (Wildman–Crippen LogP) is 1.61. The predicted molar refractivity (Wildman–Crippen MR) is 57.0 cm³/mol. The molecule has 0 fully saturated rings. The summed E-state index contributed by atoms with van der Waals surface area (Å²) in [5, 5.41) is 9.96. The fourth-order valence-electron chi connectivity index (χ4n) is 1.59. The number of benzene rings is 1.